The number of phenolic OH excluding ortho intramolecular Hbond substituents is 3. The molecule has 4 rings (SSSR count). The molecule has 0 bridgehead atoms. The highest BCUT2D eigenvalue weighted by molar-refractivity contribution is 6.14. The normalized spacial score (nSPS) is 12.2. The minimum absolute atomic E-state index is 0.0317. The summed E-state index contributed by atoms with van der Waals surface area (Å²) in [5.74, 6) is -0.631. The van der Waals surface area contributed by atoms with Gasteiger partial charge in [-0.25, -0.2) is 4.79 Å². The average molecular weight is 420 g/mol. The van der Waals surface area contributed by atoms with Gasteiger partial charge in [0.25, 0.3) is 0 Å². The van der Waals surface area contributed by atoms with Crippen LogP contribution in [-0.4, -0.2) is 15.3 Å². The number of rotatable bonds is 5. The van der Waals surface area contributed by atoms with Gasteiger partial charge >= 0.3 is 5.63 Å². The fourth-order valence-electron chi connectivity index (χ4n) is 3.76. The van der Waals surface area contributed by atoms with Crippen LogP contribution in [0.1, 0.15) is 39.2 Å². The number of benzene rings is 2. The zero-order valence-electron chi connectivity index (χ0n) is 17.7. The molecule has 6 nitrogen and oxygen atoms in total. The molecular weight excluding hydrogens is 396 g/mol. The first-order valence-electron chi connectivity index (χ1n) is 10.1. The monoisotopic (exact) mass is 420 g/mol. The van der Waals surface area contributed by atoms with Crippen molar-refractivity contribution in [3.63, 3.8) is 0 Å². The van der Waals surface area contributed by atoms with Crippen LogP contribution in [0.4, 0.5) is 0 Å². The van der Waals surface area contributed by atoms with E-state index in [-0.39, 0.29) is 33.8 Å². The zero-order chi connectivity index (χ0) is 22.3. The molecule has 0 saturated heterocycles. The molecule has 2 heterocycles. The van der Waals surface area contributed by atoms with Gasteiger partial charge in [-0.2, -0.15) is 0 Å². The highest BCUT2D eigenvalue weighted by Crippen LogP contribution is 2.42. The third-order valence-electron chi connectivity index (χ3n) is 5.39. The fourth-order valence-corrected chi connectivity index (χ4v) is 3.76. The summed E-state index contributed by atoms with van der Waals surface area (Å²) >= 11 is 0. The molecule has 0 atom stereocenters. The molecule has 160 valence electrons. The summed E-state index contributed by atoms with van der Waals surface area (Å²) in [6.07, 6.45) is 6.30. The van der Waals surface area contributed by atoms with E-state index >= 15 is 0 Å². The van der Waals surface area contributed by atoms with Gasteiger partial charge in [0, 0.05) is 17.0 Å². The molecule has 0 radical (unpaired) electrons. The molecule has 0 spiro atoms. The van der Waals surface area contributed by atoms with Gasteiger partial charge in [0.15, 0.2) is 17.1 Å². The van der Waals surface area contributed by atoms with Gasteiger partial charge < -0.3 is 24.2 Å². The lowest BCUT2D eigenvalue weighted by molar-refractivity contribution is 0.400. The van der Waals surface area contributed by atoms with E-state index in [1.54, 1.807) is 6.07 Å². The van der Waals surface area contributed by atoms with Gasteiger partial charge in [0.1, 0.15) is 22.3 Å². The van der Waals surface area contributed by atoms with Crippen molar-refractivity contribution in [2.24, 2.45) is 0 Å². The Morgan fingerprint density at radius 2 is 1.74 bits per heavy atom. The Bertz CT molecular complexity index is 1430. The second kappa shape index (κ2) is 7.87. The van der Waals surface area contributed by atoms with Crippen LogP contribution in [0.25, 0.3) is 32.9 Å². The van der Waals surface area contributed by atoms with Crippen LogP contribution < -0.4 is 5.63 Å². The summed E-state index contributed by atoms with van der Waals surface area (Å²) in [5.41, 5.74) is 2.98. The van der Waals surface area contributed by atoms with Crippen LogP contribution >= 0.6 is 0 Å². The summed E-state index contributed by atoms with van der Waals surface area (Å²) in [4.78, 5) is 12.7. The number of allylic oxidation sites excluding steroid dienone is 4. The summed E-state index contributed by atoms with van der Waals surface area (Å²) in [6, 6.07) is 5.74. The van der Waals surface area contributed by atoms with Crippen molar-refractivity contribution in [2.75, 3.05) is 0 Å². The topological polar surface area (TPSA) is 104 Å². The second-order valence-electron chi connectivity index (χ2n) is 8.05. The summed E-state index contributed by atoms with van der Waals surface area (Å²) in [7, 11) is 0. The highest BCUT2D eigenvalue weighted by atomic mass is 16.4. The summed E-state index contributed by atoms with van der Waals surface area (Å²) < 4.78 is 11.4. The third-order valence-corrected chi connectivity index (χ3v) is 5.39. The predicted molar refractivity (Wildman–Crippen MR) is 121 cm³/mol. The van der Waals surface area contributed by atoms with Gasteiger partial charge in [-0.3, -0.25) is 0 Å². The molecule has 0 amide bonds. The van der Waals surface area contributed by atoms with Crippen molar-refractivity contribution in [3.05, 3.63) is 63.5 Å². The van der Waals surface area contributed by atoms with Crippen LogP contribution in [0.5, 0.6) is 17.2 Å². The Morgan fingerprint density at radius 1 is 0.968 bits per heavy atom. The molecule has 0 saturated carbocycles. The Morgan fingerprint density at radius 3 is 2.48 bits per heavy atom. The van der Waals surface area contributed by atoms with Gasteiger partial charge in [0.05, 0.1) is 5.39 Å². The van der Waals surface area contributed by atoms with E-state index in [0.717, 1.165) is 18.4 Å². The molecule has 0 aliphatic rings. The largest absolute Gasteiger partial charge is 0.508 e. The molecule has 0 aliphatic heterocycles. The molecule has 0 fully saturated rings. The number of phenols is 3. The molecule has 2 aromatic heterocycles. The fraction of sp³-hybridized carbons (Fsp3) is 0.240. The van der Waals surface area contributed by atoms with Crippen molar-refractivity contribution in [3.8, 4) is 17.2 Å². The van der Waals surface area contributed by atoms with Crippen LogP contribution in [0.3, 0.4) is 0 Å². The smallest absolute Gasteiger partial charge is 0.348 e. The number of hydrogen-bond acceptors (Lipinski definition) is 6. The van der Waals surface area contributed by atoms with Crippen molar-refractivity contribution in [2.45, 2.75) is 40.0 Å². The standard InChI is InChI=1S/C25H24O6/c1-13(2)5-4-6-14(3)7-9-17-22(28)19(27)12-18-21-24(31-23(17)18)16-10-8-15(26)11-20(16)30-25(21)29/h5,7-8,10-12,26-28H,4,6,9H2,1-3H3/b14-7+. The SMILES string of the molecule is CC(C)=CCC/C(C)=C/Cc1c(O)c(O)cc2c1oc1c3ccc(O)cc3oc(=O)c21. The van der Waals surface area contributed by atoms with E-state index in [1.165, 1.54) is 23.8 Å². The van der Waals surface area contributed by atoms with Crippen molar-refractivity contribution in [1.82, 2.24) is 0 Å². The number of aromatic hydroxyl groups is 3. The Labute approximate surface area is 178 Å². The predicted octanol–water partition coefficient (Wildman–Crippen LogP) is 6.04. The maximum Gasteiger partial charge on any atom is 0.348 e. The molecule has 3 N–H and O–H groups in total. The third kappa shape index (κ3) is 3.77. The molecular formula is C25H24O6. The van der Waals surface area contributed by atoms with Crippen molar-refractivity contribution < 1.29 is 24.2 Å². The van der Waals surface area contributed by atoms with Gasteiger partial charge in [-0.1, -0.05) is 23.3 Å². The average Bonchev–Trinajstić information content (AvgIpc) is 3.07. The molecule has 0 aliphatic carbocycles. The lowest BCUT2D eigenvalue weighted by Gasteiger charge is -2.06. The Balaban J connectivity index is 1.88. The molecule has 31 heavy (non-hydrogen) atoms. The molecule has 0 unspecified atom stereocenters. The molecule has 6 heteroatoms. The quantitative estimate of drug-likeness (QED) is 0.206. The lowest BCUT2D eigenvalue weighted by atomic mass is 10.0. The Hall–Kier alpha value is -3.67. The maximum absolute atomic E-state index is 12.7. The summed E-state index contributed by atoms with van der Waals surface area (Å²) in [5, 5.41) is 31.6. The van der Waals surface area contributed by atoms with E-state index in [2.05, 4.69) is 19.9 Å². The molecule has 4 aromatic rings. The maximum atomic E-state index is 12.7. The minimum Gasteiger partial charge on any atom is -0.508 e. The summed E-state index contributed by atoms with van der Waals surface area (Å²) in [6.45, 7) is 6.14. The van der Waals surface area contributed by atoms with E-state index in [1.807, 2.05) is 13.0 Å². The number of furan rings is 1. The Kier molecular flexibility index (Phi) is 5.23. The van der Waals surface area contributed by atoms with Gasteiger partial charge in [-0.05, 0) is 58.2 Å². The van der Waals surface area contributed by atoms with Gasteiger partial charge in [0.2, 0.25) is 0 Å². The van der Waals surface area contributed by atoms with E-state index in [0.29, 0.717) is 28.3 Å². The highest BCUT2D eigenvalue weighted by Gasteiger charge is 2.22. The van der Waals surface area contributed by atoms with Crippen LogP contribution in [0.15, 0.2) is 61.2 Å². The van der Waals surface area contributed by atoms with Crippen LogP contribution in [-0.2, 0) is 6.42 Å². The first-order chi connectivity index (χ1) is 14.8. The second-order valence-corrected chi connectivity index (χ2v) is 8.05. The van der Waals surface area contributed by atoms with Crippen molar-refractivity contribution >= 4 is 32.9 Å². The number of fused-ring (bicyclic) bond motifs is 5. The van der Waals surface area contributed by atoms with Gasteiger partial charge in [-0.15, -0.1) is 0 Å². The first kappa shape index (κ1) is 20.6. The van der Waals surface area contributed by atoms with E-state index < -0.39 is 5.63 Å². The van der Waals surface area contributed by atoms with Crippen LogP contribution in [0, 0.1) is 0 Å². The zero-order valence-corrected chi connectivity index (χ0v) is 17.7. The van der Waals surface area contributed by atoms with E-state index in [4.69, 9.17) is 8.83 Å². The van der Waals surface area contributed by atoms with Crippen molar-refractivity contribution in [1.29, 1.82) is 0 Å². The van der Waals surface area contributed by atoms with E-state index in [9.17, 15) is 20.1 Å². The molecule has 2 aromatic carbocycles. The van der Waals surface area contributed by atoms with Crippen LogP contribution in [0.2, 0.25) is 0 Å². The first-order valence-corrected chi connectivity index (χ1v) is 10.1. The minimum atomic E-state index is -0.642. The number of hydrogen-bond donors (Lipinski definition) is 3. The lowest BCUT2D eigenvalue weighted by Crippen LogP contribution is -1.98.